The summed E-state index contributed by atoms with van der Waals surface area (Å²) in [4.78, 5) is 18.9. The molecule has 0 saturated heterocycles. The molecule has 1 aliphatic carbocycles. The largest absolute Gasteiger partial charge is 0.313 e. The summed E-state index contributed by atoms with van der Waals surface area (Å²) < 4.78 is 28.0. The van der Waals surface area contributed by atoms with Gasteiger partial charge in [-0.05, 0) is 61.1 Å². The fraction of sp³-hybridized carbons (Fsp3) is 0.217. The molecule has 2 heterocycles. The highest BCUT2D eigenvalue weighted by Gasteiger charge is 2.27. The number of carbonyl (C=O) groups excluding carboxylic acids is 1. The molecule has 5 rings (SSSR count). The number of anilines is 1. The monoisotopic (exact) mass is 440 g/mol. The Morgan fingerprint density at radius 2 is 1.97 bits per heavy atom. The predicted molar refractivity (Wildman–Crippen MR) is 118 cm³/mol. The molecule has 0 radical (unpaired) electrons. The molecule has 0 aliphatic heterocycles. The van der Waals surface area contributed by atoms with E-state index in [4.69, 9.17) is 4.98 Å². The quantitative estimate of drug-likeness (QED) is 0.386. The van der Waals surface area contributed by atoms with Crippen LogP contribution < -0.4 is 5.32 Å². The fourth-order valence-corrected chi connectivity index (χ4v) is 6.37. The molecular formula is C23H18F2N2OS2. The highest BCUT2D eigenvalue weighted by Crippen LogP contribution is 2.47. The van der Waals surface area contributed by atoms with Crippen molar-refractivity contribution in [2.75, 3.05) is 5.32 Å². The molecule has 1 amide bonds. The van der Waals surface area contributed by atoms with Crippen LogP contribution >= 0.6 is 22.7 Å². The van der Waals surface area contributed by atoms with E-state index in [2.05, 4.69) is 12.2 Å². The van der Waals surface area contributed by atoms with Crippen LogP contribution in [0.1, 0.15) is 34.1 Å². The van der Waals surface area contributed by atoms with Crippen molar-refractivity contribution in [2.24, 2.45) is 5.92 Å². The van der Waals surface area contributed by atoms with Crippen LogP contribution in [0, 0.1) is 17.6 Å². The summed E-state index contributed by atoms with van der Waals surface area (Å²) >= 11 is 3.17. The Morgan fingerprint density at radius 1 is 1.13 bits per heavy atom. The van der Waals surface area contributed by atoms with Crippen LogP contribution in [0.25, 0.3) is 20.8 Å². The van der Waals surface area contributed by atoms with E-state index >= 15 is 0 Å². The summed E-state index contributed by atoms with van der Waals surface area (Å²) in [6.07, 6.45) is 3.01. The predicted octanol–water partition coefficient (Wildman–Crippen LogP) is 6.68. The average molecular weight is 441 g/mol. The molecule has 1 N–H and O–H groups in total. The lowest BCUT2D eigenvalue weighted by Gasteiger charge is -2.18. The number of para-hydroxylation sites is 1. The van der Waals surface area contributed by atoms with Gasteiger partial charge in [-0.1, -0.05) is 19.1 Å². The van der Waals surface area contributed by atoms with Gasteiger partial charge in [0, 0.05) is 16.0 Å². The van der Waals surface area contributed by atoms with Gasteiger partial charge in [0.15, 0.2) is 11.6 Å². The van der Waals surface area contributed by atoms with Crippen molar-refractivity contribution in [1.29, 1.82) is 0 Å². The number of rotatable bonds is 3. The van der Waals surface area contributed by atoms with Crippen LogP contribution in [0.3, 0.4) is 0 Å². The number of amides is 1. The summed E-state index contributed by atoms with van der Waals surface area (Å²) in [6, 6.07) is 11.2. The minimum absolute atomic E-state index is 0.0869. The number of hydrogen-bond donors (Lipinski definition) is 1. The molecule has 7 heteroatoms. The van der Waals surface area contributed by atoms with Crippen LogP contribution in [0.5, 0.6) is 0 Å². The lowest BCUT2D eigenvalue weighted by molar-refractivity contribution is 0.102. The Labute approximate surface area is 180 Å². The molecular weight excluding hydrogens is 422 g/mol. The molecule has 1 atom stereocenters. The van der Waals surface area contributed by atoms with E-state index in [-0.39, 0.29) is 5.56 Å². The van der Waals surface area contributed by atoms with E-state index in [1.165, 1.54) is 16.5 Å². The van der Waals surface area contributed by atoms with Gasteiger partial charge in [-0.25, -0.2) is 13.8 Å². The van der Waals surface area contributed by atoms with Gasteiger partial charge >= 0.3 is 0 Å². The third-order valence-electron chi connectivity index (χ3n) is 5.43. The van der Waals surface area contributed by atoms with Crippen LogP contribution in [-0.4, -0.2) is 10.9 Å². The number of benzene rings is 2. The molecule has 0 fully saturated rings. The Hall–Kier alpha value is -2.64. The normalized spacial score (nSPS) is 15.9. The van der Waals surface area contributed by atoms with Crippen LogP contribution in [-0.2, 0) is 12.8 Å². The minimum atomic E-state index is -1.03. The number of nitrogens with one attached hydrogen (secondary N) is 1. The van der Waals surface area contributed by atoms with Crippen LogP contribution in [0.2, 0.25) is 0 Å². The first kappa shape index (κ1) is 19.3. The third-order valence-corrected chi connectivity index (χ3v) is 7.65. The SMILES string of the molecule is CC1CCc2c(sc(NC(=O)c3ccc(F)c(F)c3)c2-c2nc3ccccc3s2)C1. The Bertz CT molecular complexity index is 1240. The molecule has 0 saturated carbocycles. The van der Waals surface area contributed by atoms with E-state index in [1.54, 1.807) is 22.7 Å². The molecule has 3 nitrogen and oxygen atoms in total. The molecule has 0 bridgehead atoms. The second-order valence-corrected chi connectivity index (χ2v) is 9.76. The summed E-state index contributed by atoms with van der Waals surface area (Å²) in [5.41, 5.74) is 3.24. The van der Waals surface area contributed by atoms with Gasteiger partial charge in [-0.2, -0.15) is 0 Å². The summed E-state index contributed by atoms with van der Waals surface area (Å²) in [7, 11) is 0. The molecule has 2 aromatic heterocycles. The number of aromatic nitrogens is 1. The second kappa shape index (κ2) is 7.56. The van der Waals surface area contributed by atoms with Crippen molar-refractivity contribution < 1.29 is 13.6 Å². The maximum atomic E-state index is 13.6. The van der Waals surface area contributed by atoms with Gasteiger partial charge in [0.05, 0.1) is 10.2 Å². The van der Waals surface area contributed by atoms with E-state index in [0.29, 0.717) is 5.92 Å². The first-order chi connectivity index (χ1) is 14.5. The molecule has 1 unspecified atom stereocenters. The van der Waals surface area contributed by atoms with Crippen LogP contribution in [0.15, 0.2) is 42.5 Å². The number of carbonyl (C=O) groups is 1. The van der Waals surface area contributed by atoms with Crippen molar-refractivity contribution in [3.05, 3.63) is 70.1 Å². The van der Waals surface area contributed by atoms with Crippen molar-refractivity contribution in [3.63, 3.8) is 0 Å². The first-order valence-corrected chi connectivity index (χ1v) is 11.4. The number of fused-ring (bicyclic) bond motifs is 2. The first-order valence-electron chi connectivity index (χ1n) is 9.76. The topological polar surface area (TPSA) is 42.0 Å². The maximum Gasteiger partial charge on any atom is 0.256 e. The minimum Gasteiger partial charge on any atom is -0.313 e. The zero-order chi connectivity index (χ0) is 20.8. The third kappa shape index (κ3) is 3.42. The second-order valence-electron chi connectivity index (χ2n) is 7.63. The van der Waals surface area contributed by atoms with Crippen molar-refractivity contribution in [2.45, 2.75) is 26.2 Å². The van der Waals surface area contributed by atoms with Gasteiger partial charge in [0.1, 0.15) is 10.0 Å². The Balaban J connectivity index is 1.58. The van der Waals surface area contributed by atoms with Gasteiger partial charge in [0.2, 0.25) is 0 Å². The lowest BCUT2D eigenvalue weighted by atomic mass is 9.88. The molecule has 1 aliphatic rings. The summed E-state index contributed by atoms with van der Waals surface area (Å²) in [5.74, 6) is -1.87. The molecule has 4 aromatic rings. The van der Waals surface area contributed by atoms with Gasteiger partial charge in [-0.15, -0.1) is 22.7 Å². The summed E-state index contributed by atoms with van der Waals surface area (Å²) in [6.45, 7) is 2.24. The smallest absolute Gasteiger partial charge is 0.256 e. The average Bonchev–Trinajstić information content (AvgIpc) is 3.29. The number of nitrogens with zero attached hydrogens (tertiary/aromatic N) is 1. The molecule has 0 spiro atoms. The maximum absolute atomic E-state index is 13.6. The molecule has 30 heavy (non-hydrogen) atoms. The van der Waals surface area contributed by atoms with E-state index in [1.807, 2.05) is 24.3 Å². The van der Waals surface area contributed by atoms with Gasteiger partial charge in [0.25, 0.3) is 5.91 Å². The van der Waals surface area contributed by atoms with Gasteiger partial charge in [-0.3, -0.25) is 4.79 Å². The highest BCUT2D eigenvalue weighted by molar-refractivity contribution is 7.23. The zero-order valence-corrected chi connectivity index (χ0v) is 17.8. The standard InChI is InChI=1S/C23H18F2N2OS2/c1-12-6-8-14-19(10-12)30-23(27-21(28)13-7-9-15(24)16(25)11-13)20(14)22-26-17-4-2-3-5-18(17)29-22/h2-5,7,9,11-12H,6,8,10H2,1H3,(H,27,28). The Morgan fingerprint density at radius 3 is 2.77 bits per heavy atom. The van der Waals surface area contributed by atoms with Crippen molar-refractivity contribution in [1.82, 2.24) is 4.98 Å². The van der Waals surface area contributed by atoms with Crippen molar-refractivity contribution >= 4 is 43.8 Å². The fourth-order valence-electron chi connectivity index (χ4n) is 3.86. The van der Waals surface area contributed by atoms with Crippen molar-refractivity contribution in [3.8, 4) is 10.6 Å². The molecule has 2 aromatic carbocycles. The number of hydrogen-bond acceptors (Lipinski definition) is 4. The number of thiazole rings is 1. The number of halogens is 2. The van der Waals surface area contributed by atoms with Gasteiger partial charge < -0.3 is 5.32 Å². The highest BCUT2D eigenvalue weighted by atomic mass is 32.1. The number of thiophene rings is 1. The summed E-state index contributed by atoms with van der Waals surface area (Å²) in [5, 5.41) is 4.55. The Kier molecular flexibility index (Phi) is 4.87. The van der Waals surface area contributed by atoms with E-state index in [9.17, 15) is 13.6 Å². The van der Waals surface area contributed by atoms with E-state index < -0.39 is 17.5 Å². The van der Waals surface area contributed by atoms with E-state index in [0.717, 1.165) is 57.2 Å². The lowest BCUT2D eigenvalue weighted by Crippen LogP contribution is -2.12. The zero-order valence-electron chi connectivity index (χ0n) is 16.2. The molecule has 152 valence electrons. The van der Waals surface area contributed by atoms with Crippen LogP contribution in [0.4, 0.5) is 13.8 Å².